The van der Waals surface area contributed by atoms with Gasteiger partial charge in [0.1, 0.15) is 6.33 Å². The molecule has 0 bridgehead atoms. The van der Waals surface area contributed by atoms with Crippen LogP contribution < -0.4 is 5.73 Å². The summed E-state index contributed by atoms with van der Waals surface area (Å²) in [5.41, 5.74) is 6.00. The monoisotopic (exact) mass is 212 g/mol. The SMILES string of the molecule is NC(=O)n1cnc2c(ccc3cncc32)c1. The number of aromatic nitrogens is 3. The molecule has 5 nitrogen and oxygen atoms in total. The zero-order valence-electron chi connectivity index (χ0n) is 8.29. The predicted octanol–water partition coefficient (Wildman–Crippen LogP) is 1.51. The van der Waals surface area contributed by atoms with Crippen molar-refractivity contribution in [3.63, 3.8) is 0 Å². The maximum absolute atomic E-state index is 11.0. The van der Waals surface area contributed by atoms with Crippen LogP contribution in [0.15, 0.2) is 37.1 Å². The number of primary amides is 1. The molecule has 0 saturated heterocycles. The highest BCUT2D eigenvalue weighted by molar-refractivity contribution is 6.04. The summed E-state index contributed by atoms with van der Waals surface area (Å²) < 4.78 is 1.25. The third kappa shape index (κ3) is 1.15. The molecule has 0 unspecified atom stereocenters. The minimum Gasteiger partial charge on any atom is -0.351 e. The number of nitrogens with zero attached hydrogens (tertiary/aromatic N) is 3. The van der Waals surface area contributed by atoms with E-state index in [1.165, 1.54) is 10.9 Å². The van der Waals surface area contributed by atoms with Gasteiger partial charge in [0.25, 0.3) is 0 Å². The van der Waals surface area contributed by atoms with Crippen LogP contribution in [0.4, 0.5) is 4.79 Å². The van der Waals surface area contributed by atoms with Gasteiger partial charge in [0, 0.05) is 34.7 Å². The minimum absolute atomic E-state index is 0.546. The van der Waals surface area contributed by atoms with E-state index in [-0.39, 0.29) is 0 Å². The summed E-state index contributed by atoms with van der Waals surface area (Å²) in [4.78, 5) is 19.3. The maximum Gasteiger partial charge on any atom is 0.324 e. The lowest BCUT2D eigenvalue weighted by molar-refractivity contribution is 0.250. The molecule has 3 rings (SSSR count). The topological polar surface area (TPSA) is 73.8 Å². The van der Waals surface area contributed by atoms with Gasteiger partial charge in [-0.2, -0.15) is 0 Å². The molecule has 16 heavy (non-hydrogen) atoms. The van der Waals surface area contributed by atoms with Gasteiger partial charge in [-0.05, 0) is 0 Å². The van der Waals surface area contributed by atoms with Gasteiger partial charge in [0.15, 0.2) is 0 Å². The fraction of sp³-hybridized carbons (Fsp3) is 0. The molecule has 0 saturated carbocycles. The number of rotatable bonds is 0. The van der Waals surface area contributed by atoms with Crippen LogP contribution in [0.1, 0.15) is 0 Å². The first-order valence-corrected chi connectivity index (χ1v) is 4.76. The van der Waals surface area contributed by atoms with Crippen LogP contribution in [0.25, 0.3) is 21.7 Å². The first-order chi connectivity index (χ1) is 7.75. The van der Waals surface area contributed by atoms with Gasteiger partial charge in [0.2, 0.25) is 0 Å². The lowest BCUT2D eigenvalue weighted by atomic mass is 10.1. The third-order valence-electron chi connectivity index (χ3n) is 2.54. The second-order valence-electron chi connectivity index (χ2n) is 3.53. The molecule has 0 atom stereocenters. The van der Waals surface area contributed by atoms with Crippen LogP contribution >= 0.6 is 0 Å². The highest BCUT2D eigenvalue weighted by Gasteiger charge is 2.04. The summed E-state index contributed by atoms with van der Waals surface area (Å²) in [6, 6.07) is 3.29. The van der Waals surface area contributed by atoms with Crippen LogP contribution in [-0.2, 0) is 0 Å². The van der Waals surface area contributed by atoms with E-state index in [2.05, 4.69) is 9.97 Å². The Balaban J connectivity index is 2.41. The molecule has 2 aromatic heterocycles. The fourth-order valence-electron chi connectivity index (χ4n) is 1.75. The Bertz CT molecular complexity index is 701. The average molecular weight is 212 g/mol. The Kier molecular flexibility index (Phi) is 1.67. The second kappa shape index (κ2) is 3.03. The van der Waals surface area contributed by atoms with Crippen molar-refractivity contribution in [2.75, 3.05) is 0 Å². The minimum atomic E-state index is -0.546. The quantitative estimate of drug-likeness (QED) is 0.613. The van der Waals surface area contributed by atoms with Crippen molar-refractivity contribution in [2.45, 2.75) is 0 Å². The fourth-order valence-corrected chi connectivity index (χ4v) is 1.75. The number of benzene rings is 1. The number of nitrogens with two attached hydrogens (primary N) is 1. The standard InChI is InChI=1S/C11H8N4O/c12-11(16)15-5-8-2-1-7-3-13-4-9(7)10(8)14-6-15/h1-6H,(H2,12,16). The Labute approximate surface area is 90.5 Å². The van der Waals surface area contributed by atoms with Crippen molar-refractivity contribution in [2.24, 2.45) is 5.73 Å². The van der Waals surface area contributed by atoms with Crippen molar-refractivity contribution < 1.29 is 4.79 Å². The molecule has 2 heterocycles. The molecule has 78 valence electrons. The summed E-state index contributed by atoms with van der Waals surface area (Å²) >= 11 is 0. The van der Waals surface area contributed by atoms with E-state index < -0.39 is 6.03 Å². The van der Waals surface area contributed by atoms with Crippen molar-refractivity contribution in [1.29, 1.82) is 0 Å². The van der Waals surface area contributed by atoms with Crippen molar-refractivity contribution >= 4 is 27.7 Å². The molecule has 0 aliphatic heterocycles. The summed E-state index contributed by atoms with van der Waals surface area (Å²) in [5, 5.41) is 2.88. The van der Waals surface area contributed by atoms with Crippen LogP contribution in [0, 0.1) is 0 Å². The van der Waals surface area contributed by atoms with Gasteiger partial charge < -0.3 is 5.73 Å². The van der Waals surface area contributed by atoms with Crippen LogP contribution in [0.2, 0.25) is 0 Å². The van der Waals surface area contributed by atoms with E-state index in [1.807, 2.05) is 12.1 Å². The molecule has 1 amide bonds. The van der Waals surface area contributed by atoms with Crippen LogP contribution in [0.5, 0.6) is 0 Å². The van der Waals surface area contributed by atoms with Crippen LogP contribution in [0.3, 0.4) is 0 Å². The largest absolute Gasteiger partial charge is 0.351 e. The molecule has 1 aromatic carbocycles. The van der Waals surface area contributed by atoms with Crippen molar-refractivity contribution in [3.05, 3.63) is 37.1 Å². The van der Waals surface area contributed by atoms with E-state index in [0.717, 1.165) is 21.7 Å². The number of amides is 1. The maximum atomic E-state index is 11.0. The first-order valence-electron chi connectivity index (χ1n) is 4.76. The zero-order valence-corrected chi connectivity index (χ0v) is 8.29. The van der Waals surface area contributed by atoms with Gasteiger partial charge in [-0.25, -0.2) is 9.78 Å². The van der Waals surface area contributed by atoms with Gasteiger partial charge in [0.05, 0.1) is 5.52 Å². The van der Waals surface area contributed by atoms with E-state index in [4.69, 9.17) is 5.73 Å². The molecule has 0 aliphatic rings. The number of carbonyl (C=O) groups excluding carboxylic acids is 1. The lowest BCUT2D eigenvalue weighted by Gasteiger charge is -2.03. The lowest BCUT2D eigenvalue weighted by Crippen LogP contribution is -2.19. The van der Waals surface area contributed by atoms with Gasteiger partial charge in [-0.3, -0.25) is 9.55 Å². The van der Waals surface area contributed by atoms with E-state index in [1.54, 1.807) is 18.6 Å². The molecule has 0 radical (unpaired) electrons. The first kappa shape index (κ1) is 8.84. The molecular formula is C11H8N4O. The van der Waals surface area contributed by atoms with E-state index in [9.17, 15) is 4.79 Å². The molecule has 0 aliphatic carbocycles. The Morgan fingerprint density at radius 2 is 2.06 bits per heavy atom. The molecular weight excluding hydrogens is 204 g/mol. The number of hydrogen-bond acceptors (Lipinski definition) is 3. The molecule has 5 heteroatoms. The van der Waals surface area contributed by atoms with Crippen molar-refractivity contribution in [3.8, 4) is 0 Å². The van der Waals surface area contributed by atoms with E-state index >= 15 is 0 Å². The van der Waals surface area contributed by atoms with Gasteiger partial charge >= 0.3 is 6.03 Å². The Hall–Kier alpha value is -2.43. The molecule has 0 fully saturated rings. The van der Waals surface area contributed by atoms with E-state index in [0.29, 0.717) is 0 Å². The molecule has 2 N–H and O–H groups in total. The smallest absolute Gasteiger partial charge is 0.324 e. The second-order valence-corrected chi connectivity index (χ2v) is 3.53. The van der Waals surface area contributed by atoms with Crippen molar-refractivity contribution in [1.82, 2.24) is 14.5 Å². The number of carbonyl (C=O) groups is 1. The average Bonchev–Trinajstić information content (AvgIpc) is 2.76. The number of fused-ring (bicyclic) bond motifs is 3. The highest BCUT2D eigenvalue weighted by atomic mass is 16.2. The summed E-state index contributed by atoms with van der Waals surface area (Å²) in [7, 11) is 0. The summed E-state index contributed by atoms with van der Waals surface area (Å²) in [6.45, 7) is 0. The Morgan fingerprint density at radius 3 is 2.88 bits per heavy atom. The number of hydrogen-bond donors (Lipinski definition) is 1. The van der Waals surface area contributed by atoms with Gasteiger partial charge in [-0.1, -0.05) is 12.1 Å². The predicted molar refractivity (Wildman–Crippen MR) is 60.0 cm³/mol. The third-order valence-corrected chi connectivity index (χ3v) is 2.54. The summed E-state index contributed by atoms with van der Waals surface area (Å²) in [5.74, 6) is 0. The van der Waals surface area contributed by atoms with Crippen LogP contribution in [-0.4, -0.2) is 20.6 Å². The molecule has 0 spiro atoms. The Morgan fingerprint density at radius 1 is 1.25 bits per heavy atom. The molecule has 3 aromatic rings. The highest BCUT2D eigenvalue weighted by Crippen LogP contribution is 2.22. The summed E-state index contributed by atoms with van der Waals surface area (Å²) in [6.07, 6.45) is 6.62. The zero-order chi connectivity index (χ0) is 11.1. The normalized spacial score (nSPS) is 11.0. The van der Waals surface area contributed by atoms with Gasteiger partial charge in [-0.15, -0.1) is 0 Å².